The standard InChI is InChI=1S/C30H35F2N3O3/c1-19-11-26(37-2)24(23-7-9-33-27(19)23)14-35-10-8-29(17-30(31,32)18-29)12-25(35)21-3-5-22(6-4-21)28(36)34-13-20-15-38-16-20/h3-7,9,11,20,25,33H,8,10,12-18H2,1-2H3,(H,34,36)/t25-/m1/s1. The molecule has 1 spiro atoms. The summed E-state index contributed by atoms with van der Waals surface area (Å²) in [5.74, 6) is -1.43. The number of piperidine rings is 1. The lowest BCUT2D eigenvalue weighted by atomic mass is 9.59. The summed E-state index contributed by atoms with van der Waals surface area (Å²) in [4.78, 5) is 18.4. The van der Waals surface area contributed by atoms with Gasteiger partial charge in [-0.2, -0.15) is 0 Å². The molecule has 38 heavy (non-hydrogen) atoms. The summed E-state index contributed by atoms with van der Waals surface area (Å²) < 4.78 is 39.0. The van der Waals surface area contributed by atoms with Crippen molar-refractivity contribution in [1.29, 1.82) is 0 Å². The van der Waals surface area contributed by atoms with E-state index in [9.17, 15) is 13.6 Å². The Labute approximate surface area is 221 Å². The smallest absolute Gasteiger partial charge is 0.251 e. The van der Waals surface area contributed by atoms with Crippen LogP contribution < -0.4 is 10.1 Å². The highest BCUT2D eigenvalue weighted by Crippen LogP contribution is 2.60. The summed E-state index contributed by atoms with van der Waals surface area (Å²) in [6, 6.07) is 11.8. The minimum Gasteiger partial charge on any atom is -0.496 e. The number of rotatable bonds is 7. The van der Waals surface area contributed by atoms with Gasteiger partial charge in [0.25, 0.3) is 5.91 Å². The monoisotopic (exact) mass is 523 g/mol. The Balaban J connectivity index is 1.27. The molecule has 0 bridgehead atoms. The van der Waals surface area contributed by atoms with E-state index in [0.717, 1.165) is 46.3 Å². The first-order chi connectivity index (χ1) is 18.3. The van der Waals surface area contributed by atoms with Crippen molar-refractivity contribution in [2.45, 2.75) is 51.1 Å². The van der Waals surface area contributed by atoms with Gasteiger partial charge in [0, 0.05) is 66.1 Å². The van der Waals surface area contributed by atoms with Crippen molar-refractivity contribution < 1.29 is 23.0 Å². The molecule has 0 unspecified atom stereocenters. The van der Waals surface area contributed by atoms with Crippen LogP contribution >= 0.6 is 0 Å². The molecule has 2 saturated heterocycles. The molecule has 1 saturated carbocycles. The summed E-state index contributed by atoms with van der Waals surface area (Å²) in [5.41, 5.74) is 4.65. The zero-order valence-electron chi connectivity index (χ0n) is 22.0. The largest absolute Gasteiger partial charge is 0.496 e. The highest BCUT2D eigenvalue weighted by Gasteiger charge is 2.58. The second kappa shape index (κ2) is 9.65. The molecule has 2 N–H and O–H groups in total. The number of nitrogens with one attached hydrogen (secondary N) is 2. The molecule has 202 valence electrons. The lowest BCUT2D eigenvalue weighted by Gasteiger charge is -2.54. The Kier molecular flexibility index (Phi) is 6.43. The molecule has 1 atom stereocenters. The normalized spacial score (nSPS) is 22.7. The Morgan fingerprint density at radius 2 is 1.97 bits per heavy atom. The van der Waals surface area contributed by atoms with Gasteiger partial charge in [0.15, 0.2) is 0 Å². The number of halogens is 2. The van der Waals surface area contributed by atoms with Crippen molar-refractivity contribution in [1.82, 2.24) is 15.2 Å². The molecule has 0 radical (unpaired) electrons. The molecule has 2 aromatic carbocycles. The number of hydrogen-bond donors (Lipinski definition) is 2. The minimum absolute atomic E-state index is 0.0240. The van der Waals surface area contributed by atoms with E-state index >= 15 is 0 Å². The number of fused-ring (bicyclic) bond motifs is 1. The molecule has 6 nitrogen and oxygen atoms in total. The van der Waals surface area contributed by atoms with Gasteiger partial charge >= 0.3 is 0 Å². The molecule has 3 fully saturated rings. The number of likely N-dealkylation sites (tertiary alicyclic amines) is 1. The van der Waals surface area contributed by atoms with Crippen LogP contribution in [0, 0.1) is 18.3 Å². The van der Waals surface area contributed by atoms with E-state index < -0.39 is 5.92 Å². The third-order valence-electron chi connectivity index (χ3n) is 8.77. The predicted octanol–water partition coefficient (Wildman–Crippen LogP) is 5.61. The first-order valence-corrected chi connectivity index (χ1v) is 13.5. The van der Waals surface area contributed by atoms with Crippen LogP contribution in [0.5, 0.6) is 5.75 Å². The Morgan fingerprint density at radius 3 is 2.63 bits per heavy atom. The number of ether oxygens (including phenoxy) is 2. The van der Waals surface area contributed by atoms with Crippen molar-refractivity contribution >= 4 is 16.8 Å². The fraction of sp³-hybridized carbons (Fsp3) is 0.500. The number of nitrogens with zero attached hydrogens (tertiary/aromatic N) is 1. The van der Waals surface area contributed by atoms with Gasteiger partial charge in [0.2, 0.25) is 5.92 Å². The van der Waals surface area contributed by atoms with Crippen LogP contribution in [0.4, 0.5) is 8.78 Å². The third-order valence-corrected chi connectivity index (χ3v) is 8.77. The molecule has 2 aliphatic heterocycles. The Bertz CT molecular complexity index is 1320. The average Bonchev–Trinajstić information content (AvgIpc) is 3.35. The van der Waals surface area contributed by atoms with E-state index in [0.29, 0.717) is 44.2 Å². The number of carbonyl (C=O) groups excluding carboxylic acids is 1. The number of carbonyl (C=O) groups is 1. The van der Waals surface area contributed by atoms with Crippen molar-refractivity contribution in [3.8, 4) is 5.75 Å². The fourth-order valence-corrected chi connectivity index (χ4v) is 6.64. The fourth-order valence-electron chi connectivity index (χ4n) is 6.64. The van der Waals surface area contributed by atoms with Crippen LogP contribution in [-0.4, -0.2) is 55.1 Å². The summed E-state index contributed by atoms with van der Waals surface area (Å²) in [6.07, 6.45) is 3.31. The number of aromatic amines is 1. The molecule has 1 aliphatic carbocycles. The topological polar surface area (TPSA) is 66.6 Å². The van der Waals surface area contributed by atoms with E-state index in [1.54, 1.807) is 7.11 Å². The van der Waals surface area contributed by atoms with Gasteiger partial charge in [-0.25, -0.2) is 8.78 Å². The number of benzene rings is 2. The maximum absolute atomic E-state index is 14.0. The minimum atomic E-state index is -2.56. The van der Waals surface area contributed by atoms with Crippen LogP contribution in [0.25, 0.3) is 10.9 Å². The molecule has 1 aromatic heterocycles. The molecule has 8 heteroatoms. The van der Waals surface area contributed by atoms with Crippen molar-refractivity contribution in [2.75, 3.05) is 33.4 Å². The van der Waals surface area contributed by atoms with Crippen LogP contribution in [0.15, 0.2) is 42.6 Å². The lowest BCUT2D eigenvalue weighted by molar-refractivity contribution is -0.186. The van der Waals surface area contributed by atoms with Gasteiger partial charge in [-0.15, -0.1) is 0 Å². The number of alkyl halides is 2. The quantitative estimate of drug-likeness (QED) is 0.422. The zero-order valence-corrected chi connectivity index (χ0v) is 22.0. The van der Waals surface area contributed by atoms with E-state index in [4.69, 9.17) is 9.47 Å². The van der Waals surface area contributed by atoms with Crippen molar-refractivity contribution in [3.05, 3.63) is 64.8 Å². The molecule has 3 aliphatic rings. The van der Waals surface area contributed by atoms with Gasteiger partial charge in [0.05, 0.1) is 20.3 Å². The number of H-pyrrole nitrogens is 1. The van der Waals surface area contributed by atoms with Gasteiger partial charge in [-0.3, -0.25) is 9.69 Å². The van der Waals surface area contributed by atoms with E-state index in [2.05, 4.69) is 34.3 Å². The Morgan fingerprint density at radius 1 is 1.21 bits per heavy atom. The highest BCUT2D eigenvalue weighted by molar-refractivity contribution is 5.94. The molecule has 6 rings (SSSR count). The molecular weight excluding hydrogens is 488 g/mol. The van der Waals surface area contributed by atoms with Crippen LogP contribution in [0.1, 0.15) is 58.8 Å². The number of amides is 1. The second-order valence-electron chi connectivity index (χ2n) is 11.5. The van der Waals surface area contributed by atoms with E-state index in [1.165, 1.54) is 0 Å². The lowest BCUT2D eigenvalue weighted by Crippen LogP contribution is -2.53. The maximum atomic E-state index is 14.0. The van der Waals surface area contributed by atoms with Gasteiger partial charge in [0.1, 0.15) is 5.75 Å². The second-order valence-corrected chi connectivity index (χ2v) is 11.5. The molecule has 3 heterocycles. The summed E-state index contributed by atoms with van der Waals surface area (Å²) in [7, 11) is 1.69. The van der Waals surface area contributed by atoms with Gasteiger partial charge in [-0.1, -0.05) is 12.1 Å². The zero-order chi connectivity index (χ0) is 26.5. The Hall–Kier alpha value is -2.97. The van der Waals surface area contributed by atoms with Crippen LogP contribution in [-0.2, 0) is 11.3 Å². The first kappa shape index (κ1) is 25.3. The summed E-state index contributed by atoms with van der Waals surface area (Å²) >= 11 is 0. The molecule has 1 amide bonds. The molecular formula is C30H35F2N3O3. The number of aromatic nitrogens is 1. The predicted molar refractivity (Wildman–Crippen MR) is 142 cm³/mol. The number of hydrogen-bond acceptors (Lipinski definition) is 4. The maximum Gasteiger partial charge on any atom is 0.251 e. The summed E-state index contributed by atoms with van der Waals surface area (Å²) in [6.45, 7) is 5.44. The van der Waals surface area contributed by atoms with Gasteiger partial charge < -0.3 is 19.8 Å². The van der Waals surface area contributed by atoms with Crippen molar-refractivity contribution in [2.24, 2.45) is 11.3 Å². The van der Waals surface area contributed by atoms with E-state index in [-0.39, 0.29) is 30.2 Å². The van der Waals surface area contributed by atoms with E-state index in [1.807, 2.05) is 30.5 Å². The highest BCUT2D eigenvalue weighted by atomic mass is 19.3. The number of aryl methyl sites for hydroxylation is 1. The average molecular weight is 524 g/mol. The van der Waals surface area contributed by atoms with Crippen molar-refractivity contribution in [3.63, 3.8) is 0 Å². The SMILES string of the molecule is COc1cc(C)c2[nH]ccc2c1CN1CCC2(C[C@@H]1c1ccc(C(=O)NCC3COC3)cc1)CC(F)(F)C2. The van der Waals surface area contributed by atoms with Gasteiger partial charge in [-0.05, 0) is 67.1 Å². The summed E-state index contributed by atoms with van der Waals surface area (Å²) in [5, 5.41) is 4.11. The van der Waals surface area contributed by atoms with Crippen LogP contribution in [0.2, 0.25) is 0 Å². The first-order valence-electron chi connectivity index (χ1n) is 13.5. The third kappa shape index (κ3) is 4.69. The molecule has 3 aromatic rings. The number of methoxy groups -OCH3 is 1. The van der Waals surface area contributed by atoms with Crippen LogP contribution in [0.3, 0.4) is 0 Å².